The summed E-state index contributed by atoms with van der Waals surface area (Å²) in [7, 11) is -5.25. The van der Waals surface area contributed by atoms with E-state index < -0.39 is 21.1 Å². The van der Waals surface area contributed by atoms with Gasteiger partial charge in [-0.1, -0.05) is 13.8 Å². The summed E-state index contributed by atoms with van der Waals surface area (Å²) in [6, 6.07) is 0. The van der Waals surface area contributed by atoms with Crippen molar-refractivity contribution in [3.05, 3.63) is 0 Å². The number of sulfonamides is 1. The standard InChI is InChI=1S/C9H18F3NO2S/c1-7(2)5-6-8(3,4)13-16(14,15)9(10,11)12/h7,13H,5-6H2,1-4H3. The van der Waals surface area contributed by atoms with E-state index in [1.54, 1.807) is 4.72 Å². The van der Waals surface area contributed by atoms with Crippen LogP contribution in [0.1, 0.15) is 40.5 Å². The molecule has 0 aromatic heterocycles. The second-order valence-corrected chi connectivity index (χ2v) is 6.54. The molecule has 0 fully saturated rings. The third-order valence-electron chi connectivity index (χ3n) is 2.06. The topological polar surface area (TPSA) is 46.2 Å². The number of halogens is 3. The van der Waals surface area contributed by atoms with Gasteiger partial charge >= 0.3 is 15.5 Å². The molecule has 98 valence electrons. The minimum absolute atomic E-state index is 0.315. The van der Waals surface area contributed by atoms with Gasteiger partial charge in [0, 0.05) is 5.54 Å². The Morgan fingerprint density at radius 3 is 1.94 bits per heavy atom. The molecule has 0 heterocycles. The smallest absolute Gasteiger partial charge is 0.203 e. The van der Waals surface area contributed by atoms with Crippen molar-refractivity contribution in [1.82, 2.24) is 4.72 Å². The quantitative estimate of drug-likeness (QED) is 0.827. The van der Waals surface area contributed by atoms with Crippen LogP contribution in [0, 0.1) is 5.92 Å². The van der Waals surface area contributed by atoms with Crippen molar-refractivity contribution >= 4 is 10.0 Å². The Bertz CT molecular complexity index is 320. The van der Waals surface area contributed by atoms with E-state index in [2.05, 4.69) is 0 Å². The highest BCUT2D eigenvalue weighted by atomic mass is 32.2. The molecule has 0 bridgehead atoms. The van der Waals surface area contributed by atoms with Gasteiger partial charge in [-0.05, 0) is 32.6 Å². The molecule has 1 N–H and O–H groups in total. The molecule has 3 nitrogen and oxygen atoms in total. The summed E-state index contributed by atoms with van der Waals surface area (Å²) >= 11 is 0. The molecule has 0 spiro atoms. The third kappa shape index (κ3) is 5.16. The highest BCUT2D eigenvalue weighted by Crippen LogP contribution is 2.25. The second-order valence-electron chi connectivity index (χ2n) is 4.87. The molecule has 0 unspecified atom stereocenters. The van der Waals surface area contributed by atoms with E-state index in [4.69, 9.17) is 0 Å². The van der Waals surface area contributed by atoms with Crippen LogP contribution in [0.4, 0.5) is 13.2 Å². The maximum atomic E-state index is 12.1. The minimum Gasteiger partial charge on any atom is -0.203 e. The Kier molecular flexibility index (Phi) is 4.82. The first kappa shape index (κ1) is 15.7. The van der Waals surface area contributed by atoms with Gasteiger partial charge in [-0.15, -0.1) is 0 Å². The van der Waals surface area contributed by atoms with E-state index in [0.29, 0.717) is 18.8 Å². The summed E-state index contributed by atoms with van der Waals surface area (Å²) in [5.41, 5.74) is -6.33. The lowest BCUT2D eigenvalue weighted by atomic mass is 9.95. The first-order valence-corrected chi connectivity index (χ1v) is 6.46. The van der Waals surface area contributed by atoms with Gasteiger partial charge in [0.2, 0.25) is 0 Å². The van der Waals surface area contributed by atoms with Crippen molar-refractivity contribution in [2.45, 2.75) is 51.6 Å². The number of nitrogens with one attached hydrogen (secondary N) is 1. The molecule has 0 saturated carbocycles. The molecule has 0 aliphatic rings. The van der Waals surface area contributed by atoms with Crippen LogP contribution in [-0.4, -0.2) is 19.5 Å². The van der Waals surface area contributed by atoms with E-state index in [1.165, 1.54) is 13.8 Å². The molecule has 16 heavy (non-hydrogen) atoms. The van der Waals surface area contributed by atoms with Crippen molar-refractivity contribution in [1.29, 1.82) is 0 Å². The molecular weight excluding hydrogens is 243 g/mol. The Morgan fingerprint density at radius 2 is 1.62 bits per heavy atom. The summed E-state index contributed by atoms with van der Waals surface area (Å²) in [6.07, 6.45) is 1.02. The molecule has 0 rings (SSSR count). The molecule has 0 saturated heterocycles. The van der Waals surface area contributed by atoms with Gasteiger partial charge in [-0.3, -0.25) is 0 Å². The number of rotatable bonds is 5. The monoisotopic (exact) mass is 261 g/mol. The number of hydrogen-bond acceptors (Lipinski definition) is 2. The van der Waals surface area contributed by atoms with E-state index >= 15 is 0 Å². The molecule has 7 heteroatoms. The number of alkyl halides is 3. The fourth-order valence-electron chi connectivity index (χ4n) is 1.12. The molecular formula is C9H18F3NO2S. The van der Waals surface area contributed by atoms with Crippen LogP contribution in [0.2, 0.25) is 0 Å². The second kappa shape index (κ2) is 4.91. The maximum absolute atomic E-state index is 12.1. The van der Waals surface area contributed by atoms with Crippen LogP contribution >= 0.6 is 0 Å². The van der Waals surface area contributed by atoms with Crippen LogP contribution < -0.4 is 4.72 Å². The van der Waals surface area contributed by atoms with Crippen LogP contribution in [0.25, 0.3) is 0 Å². The summed E-state index contributed by atoms with van der Waals surface area (Å²) in [6.45, 7) is 6.74. The van der Waals surface area contributed by atoms with Crippen LogP contribution in [0.3, 0.4) is 0 Å². The minimum atomic E-state index is -5.25. The predicted octanol–water partition coefficient (Wildman–Crippen LogP) is 2.64. The van der Waals surface area contributed by atoms with Gasteiger partial charge in [0.15, 0.2) is 0 Å². The predicted molar refractivity (Wildman–Crippen MR) is 56.3 cm³/mol. The molecule has 0 atom stereocenters. The molecule has 0 amide bonds. The van der Waals surface area contributed by atoms with Crippen molar-refractivity contribution in [2.24, 2.45) is 5.92 Å². The van der Waals surface area contributed by atoms with Crippen LogP contribution in [0.5, 0.6) is 0 Å². The van der Waals surface area contributed by atoms with Gasteiger partial charge in [0.25, 0.3) is 0 Å². The fourth-order valence-corrected chi connectivity index (χ4v) is 2.07. The Balaban J connectivity index is 4.60. The average molecular weight is 261 g/mol. The first-order chi connectivity index (χ1) is 6.87. The molecule has 0 radical (unpaired) electrons. The SMILES string of the molecule is CC(C)CCC(C)(C)NS(=O)(=O)C(F)(F)F. The van der Waals surface area contributed by atoms with Crippen molar-refractivity contribution in [2.75, 3.05) is 0 Å². The molecule has 0 aromatic carbocycles. The maximum Gasteiger partial charge on any atom is 0.511 e. The lowest BCUT2D eigenvalue weighted by molar-refractivity contribution is -0.0456. The van der Waals surface area contributed by atoms with Gasteiger partial charge in [0.1, 0.15) is 0 Å². The van der Waals surface area contributed by atoms with E-state index in [0.717, 1.165) is 0 Å². The zero-order valence-corrected chi connectivity index (χ0v) is 10.7. The van der Waals surface area contributed by atoms with Gasteiger partial charge in [-0.2, -0.15) is 13.2 Å². The zero-order chi connectivity index (χ0) is 13.2. The van der Waals surface area contributed by atoms with Gasteiger partial charge in [-0.25, -0.2) is 13.1 Å². The molecule has 0 aliphatic carbocycles. The Labute approximate surface area is 94.5 Å². The van der Waals surface area contributed by atoms with E-state index in [9.17, 15) is 21.6 Å². The number of hydrogen-bond donors (Lipinski definition) is 1. The van der Waals surface area contributed by atoms with E-state index in [1.807, 2.05) is 13.8 Å². The van der Waals surface area contributed by atoms with Crippen molar-refractivity contribution in [3.63, 3.8) is 0 Å². The zero-order valence-electron chi connectivity index (χ0n) is 9.85. The highest BCUT2D eigenvalue weighted by Gasteiger charge is 2.48. The van der Waals surface area contributed by atoms with Gasteiger partial charge in [0.05, 0.1) is 0 Å². The van der Waals surface area contributed by atoms with Gasteiger partial charge < -0.3 is 0 Å². The van der Waals surface area contributed by atoms with Crippen molar-refractivity contribution < 1.29 is 21.6 Å². The van der Waals surface area contributed by atoms with Crippen molar-refractivity contribution in [3.8, 4) is 0 Å². The largest absolute Gasteiger partial charge is 0.511 e. The Hall–Kier alpha value is -0.300. The fraction of sp³-hybridized carbons (Fsp3) is 1.00. The van der Waals surface area contributed by atoms with Crippen LogP contribution in [-0.2, 0) is 10.0 Å². The highest BCUT2D eigenvalue weighted by molar-refractivity contribution is 7.90. The summed E-state index contributed by atoms with van der Waals surface area (Å²) in [5.74, 6) is 0.315. The Morgan fingerprint density at radius 1 is 1.19 bits per heavy atom. The molecule has 0 aliphatic heterocycles. The third-order valence-corrected chi connectivity index (χ3v) is 3.49. The summed E-state index contributed by atoms with van der Waals surface area (Å²) in [4.78, 5) is 0. The molecule has 0 aromatic rings. The average Bonchev–Trinajstić information content (AvgIpc) is 1.96. The lowest BCUT2D eigenvalue weighted by Gasteiger charge is -2.27. The summed E-state index contributed by atoms with van der Waals surface area (Å²) in [5, 5.41) is 0. The first-order valence-electron chi connectivity index (χ1n) is 4.98. The van der Waals surface area contributed by atoms with Crippen LogP contribution in [0.15, 0.2) is 0 Å². The van der Waals surface area contributed by atoms with E-state index in [-0.39, 0.29) is 0 Å². The lowest BCUT2D eigenvalue weighted by Crippen LogP contribution is -2.48. The summed E-state index contributed by atoms with van der Waals surface area (Å²) < 4.78 is 59.8. The normalized spacial score (nSPS) is 14.5.